The summed E-state index contributed by atoms with van der Waals surface area (Å²) in [7, 11) is -4.07. The summed E-state index contributed by atoms with van der Waals surface area (Å²) in [5, 5.41) is 13.0. The molecule has 26 heavy (non-hydrogen) atoms. The van der Waals surface area contributed by atoms with Crippen LogP contribution in [0.1, 0.15) is 29.6 Å². The standard InChI is InChI=1S/C16H18FN3O5S/c17-15-5-4-13(7-14(15)16(21)22)26(23,24)19-11-8-18-20(9-11)10-12-3-1-2-6-25-12/h4-5,7-9,12,19H,1-3,6,10H2,(H,21,22). The first-order valence-electron chi connectivity index (χ1n) is 8.05. The number of aromatic nitrogens is 2. The number of ether oxygens (including phenoxy) is 1. The molecule has 0 spiro atoms. The minimum Gasteiger partial charge on any atom is -0.478 e. The summed E-state index contributed by atoms with van der Waals surface area (Å²) in [6, 6.07) is 2.59. The van der Waals surface area contributed by atoms with Crippen LogP contribution in [0, 0.1) is 5.82 Å². The second-order valence-corrected chi connectivity index (χ2v) is 7.67. The van der Waals surface area contributed by atoms with Gasteiger partial charge in [0.2, 0.25) is 0 Å². The molecule has 1 aliphatic rings. The van der Waals surface area contributed by atoms with Crippen molar-refractivity contribution in [3.8, 4) is 0 Å². The third kappa shape index (κ3) is 4.20. The van der Waals surface area contributed by atoms with Crippen LogP contribution in [0.5, 0.6) is 0 Å². The zero-order valence-electron chi connectivity index (χ0n) is 13.8. The molecular formula is C16H18FN3O5S. The average molecular weight is 383 g/mol. The van der Waals surface area contributed by atoms with Gasteiger partial charge in [-0.1, -0.05) is 0 Å². The van der Waals surface area contributed by atoms with Crippen LogP contribution in [0.15, 0.2) is 35.5 Å². The Labute approximate surface area is 149 Å². The van der Waals surface area contributed by atoms with Gasteiger partial charge in [-0.05, 0) is 37.5 Å². The number of hydrogen-bond acceptors (Lipinski definition) is 5. The Morgan fingerprint density at radius 3 is 2.92 bits per heavy atom. The largest absolute Gasteiger partial charge is 0.478 e. The highest BCUT2D eigenvalue weighted by molar-refractivity contribution is 7.92. The van der Waals surface area contributed by atoms with Crippen molar-refractivity contribution in [3.05, 3.63) is 42.0 Å². The van der Waals surface area contributed by atoms with E-state index in [4.69, 9.17) is 9.84 Å². The SMILES string of the molecule is O=C(O)c1cc(S(=O)(=O)Nc2cnn(CC3CCCCO3)c2)ccc1F. The van der Waals surface area contributed by atoms with E-state index in [9.17, 15) is 17.6 Å². The second kappa shape index (κ2) is 7.42. The lowest BCUT2D eigenvalue weighted by Crippen LogP contribution is -2.24. The number of halogens is 1. The molecule has 1 aliphatic heterocycles. The summed E-state index contributed by atoms with van der Waals surface area (Å²) >= 11 is 0. The van der Waals surface area contributed by atoms with E-state index >= 15 is 0 Å². The van der Waals surface area contributed by atoms with Crippen molar-refractivity contribution in [2.75, 3.05) is 11.3 Å². The third-order valence-corrected chi connectivity index (χ3v) is 5.41. The molecule has 8 nitrogen and oxygen atoms in total. The van der Waals surface area contributed by atoms with Crippen LogP contribution >= 0.6 is 0 Å². The van der Waals surface area contributed by atoms with Gasteiger partial charge in [-0.15, -0.1) is 0 Å². The fourth-order valence-electron chi connectivity index (χ4n) is 2.73. The van der Waals surface area contributed by atoms with E-state index in [1.807, 2.05) is 0 Å². The molecule has 1 aromatic heterocycles. The third-order valence-electron chi connectivity index (χ3n) is 4.03. The van der Waals surface area contributed by atoms with E-state index in [1.54, 1.807) is 4.68 Å². The van der Waals surface area contributed by atoms with Gasteiger partial charge in [-0.2, -0.15) is 5.10 Å². The number of benzene rings is 1. The van der Waals surface area contributed by atoms with Crippen molar-refractivity contribution in [2.45, 2.75) is 36.8 Å². The maximum atomic E-state index is 13.4. The van der Waals surface area contributed by atoms with Crippen molar-refractivity contribution in [3.63, 3.8) is 0 Å². The minimum absolute atomic E-state index is 0.0448. The Kier molecular flexibility index (Phi) is 5.23. The molecule has 3 rings (SSSR count). The molecule has 1 saturated heterocycles. The van der Waals surface area contributed by atoms with Crippen LogP contribution in [0.3, 0.4) is 0 Å². The van der Waals surface area contributed by atoms with Crippen molar-refractivity contribution >= 4 is 21.7 Å². The van der Waals surface area contributed by atoms with Crippen LogP contribution in [-0.2, 0) is 21.3 Å². The number of carbonyl (C=O) groups is 1. The molecule has 1 unspecified atom stereocenters. The lowest BCUT2D eigenvalue weighted by atomic mass is 10.1. The van der Waals surface area contributed by atoms with Crippen LogP contribution in [0.25, 0.3) is 0 Å². The Morgan fingerprint density at radius 1 is 1.42 bits per heavy atom. The van der Waals surface area contributed by atoms with Crippen molar-refractivity contribution in [1.29, 1.82) is 0 Å². The van der Waals surface area contributed by atoms with Gasteiger partial charge in [-0.3, -0.25) is 9.40 Å². The number of hydrogen-bond donors (Lipinski definition) is 2. The van der Waals surface area contributed by atoms with Crippen molar-refractivity contribution in [2.24, 2.45) is 0 Å². The Morgan fingerprint density at radius 2 is 2.23 bits per heavy atom. The zero-order valence-corrected chi connectivity index (χ0v) is 14.6. The quantitative estimate of drug-likeness (QED) is 0.790. The summed E-state index contributed by atoms with van der Waals surface area (Å²) in [5.41, 5.74) is -0.486. The maximum Gasteiger partial charge on any atom is 0.338 e. The van der Waals surface area contributed by atoms with E-state index in [-0.39, 0.29) is 16.7 Å². The highest BCUT2D eigenvalue weighted by Gasteiger charge is 2.20. The summed E-state index contributed by atoms with van der Waals surface area (Å²) in [6.45, 7) is 1.23. The van der Waals surface area contributed by atoms with E-state index < -0.39 is 27.4 Å². The smallest absolute Gasteiger partial charge is 0.338 e. The Bertz CT molecular complexity index is 906. The summed E-state index contributed by atoms with van der Waals surface area (Å²) in [6.07, 6.45) is 5.97. The molecule has 0 bridgehead atoms. The van der Waals surface area contributed by atoms with Gasteiger partial charge < -0.3 is 9.84 Å². The predicted octanol–water partition coefficient (Wildman–Crippen LogP) is 2.09. The topological polar surface area (TPSA) is 111 Å². The molecule has 140 valence electrons. The van der Waals surface area contributed by atoms with Gasteiger partial charge in [-0.25, -0.2) is 17.6 Å². The molecule has 2 aromatic rings. The Hall–Kier alpha value is -2.46. The van der Waals surface area contributed by atoms with Gasteiger partial charge in [0, 0.05) is 12.8 Å². The Balaban J connectivity index is 1.73. The summed E-state index contributed by atoms with van der Waals surface area (Å²) < 4.78 is 47.8. The van der Waals surface area contributed by atoms with Gasteiger partial charge >= 0.3 is 5.97 Å². The first kappa shape index (κ1) is 18.3. The second-order valence-electron chi connectivity index (χ2n) is 5.99. The lowest BCUT2D eigenvalue weighted by molar-refractivity contribution is 0.00400. The molecule has 0 amide bonds. The highest BCUT2D eigenvalue weighted by atomic mass is 32.2. The fourth-order valence-corrected chi connectivity index (χ4v) is 3.78. The maximum absolute atomic E-state index is 13.4. The number of nitrogens with zero attached hydrogens (tertiary/aromatic N) is 2. The number of carboxylic acids is 1. The van der Waals surface area contributed by atoms with Crippen molar-refractivity contribution < 1.29 is 27.4 Å². The van der Waals surface area contributed by atoms with Gasteiger partial charge in [0.05, 0.1) is 35.0 Å². The molecule has 0 radical (unpaired) electrons. The van der Waals surface area contributed by atoms with E-state index in [2.05, 4.69) is 9.82 Å². The molecule has 2 heterocycles. The molecule has 2 N–H and O–H groups in total. The molecule has 1 atom stereocenters. The van der Waals surface area contributed by atoms with Crippen LogP contribution in [-0.4, -0.2) is 42.0 Å². The molecule has 1 aromatic carbocycles. The lowest BCUT2D eigenvalue weighted by Gasteiger charge is -2.22. The number of nitrogens with one attached hydrogen (secondary N) is 1. The normalized spacial score (nSPS) is 17.8. The molecule has 10 heteroatoms. The minimum atomic E-state index is -4.07. The molecule has 1 fully saturated rings. The van der Waals surface area contributed by atoms with Crippen LogP contribution in [0.2, 0.25) is 0 Å². The molecule has 0 saturated carbocycles. The molecule has 0 aliphatic carbocycles. The molecular weight excluding hydrogens is 365 g/mol. The first-order valence-corrected chi connectivity index (χ1v) is 9.53. The predicted molar refractivity (Wildman–Crippen MR) is 90.0 cm³/mol. The zero-order chi connectivity index (χ0) is 18.7. The number of rotatable bonds is 6. The van der Waals surface area contributed by atoms with Crippen LogP contribution < -0.4 is 4.72 Å². The van der Waals surface area contributed by atoms with Gasteiger partial charge in [0.15, 0.2) is 0 Å². The summed E-state index contributed by atoms with van der Waals surface area (Å²) in [5.74, 6) is -2.54. The monoisotopic (exact) mass is 383 g/mol. The van der Waals surface area contributed by atoms with Gasteiger partial charge in [0.25, 0.3) is 10.0 Å². The first-order chi connectivity index (χ1) is 12.3. The fraction of sp³-hybridized carbons (Fsp3) is 0.375. The number of carboxylic acid groups (broad SMARTS) is 1. The number of sulfonamides is 1. The highest BCUT2D eigenvalue weighted by Crippen LogP contribution is 2.20. The van der Waals surface area contributed by atoms with Crippen LogP contribution in [0.4, 0.5) is 10.1 Å². The van der Waals surface area contributed by atoms with Crippen molar-refractivity contribution in [1.82, 2.24) is 9.78 Å². The number of anilines is 1. The van der Waals surface area contributed by atoms with E-state index in [0.29, 0.717) is 13.2 Å². The number of aromatic carboxylic acids is 1. The van der Waals surface area contributed by atoms with Gasteiger partial charge in [0.1, 0.15) is 5.82 Å². The van der Waals surface area contributed by atoms with E-state index in [1.165, 1.54) is 12.4 Å². The average Bonchev–Trinajstić information content (AvgIpc) is 3.01. The summed E-state index contributed by atoms with van der Waals surface area (Å²) in [4.78, 5) is 10.6. The van der Waals surface area contributed by atoms with E-state index in [0.717, 1.165) is 37.5 Å².